The summed E-state index contributed by atoms with van der Waals surface area (Å²) in [6.45, 7) is 7.18. The maximum atomic E-state index is 10.7. The van der Waals surface area contributed by atoms with Crippen LogP contribution in [0.3, 0.4) is 0 Å². The number of nitrogens with one attached hydrogen (secondary N) is 1. The summed E-state index contributed by atoms with van der Waals surface area (Å²) >= 11 is 1.35. The number of nitrogens with zero attached hydrogens (tertiary/aromatic N) is 2. The molecule has 0 aliphatic heterocycles. The van der Waals surface area contributed by atoms with Crippen LogP contribution in [0.2, 0.25) is 0 Å². The van der Waals surface area contributed by atoms with Crippen LogP contribution in [0.1, 0.15) is 32.7 Å². The Morgan fingerprint density at radius 3 is 2.35 bits per heavy atom. The Kier molecular flexibility index (Phi) is 3.73. The van der Waals surface area contributed by atoms with Gasteiger partial charge in [-0.3, -0.25) is 0 Å². The predicted octanol–water partition coefficient (Wildman–Crippen LogP) is 1.08. The molecule has 1 aromatic rings. The highest BCUT2D eigenvalue weighted by molar-refractivity contribution is 7.15. The van der Waals surface area contributed by atoms with Crippen LogP contribution in [0.5, 0.6) is 0 Å². The van der Waals surface area contributed by atoms with Crippen molar-refractivity contribution < 1.29 is 15.0 Å². The summed E-state index contributed by atoms with van der Waals surface area (Å²) in [5.74, 6) is -1.27. The van der Waals surface area contributed by atoms with E-state index in [4.69, 9.17) is 5.11 Å². The Balaban J connectivity index is 2.66. The fourth-order valence-electron chi connectivity index (χ4n) is 0.921. The van der Waals surface area contributed by atoms with E-state index in [1.54, 1.807) is 0 Å². The zero-order valence-electron chi connectivity index (χ0n) is 10.3. The van der Waals surface area contributed by atoms with Crippen molar-refractivity contribution in [3.8, 4) is 0 Å². The number of carboxylic acids is 1. The molecule has 0 aromatic carbocycles. The third-order valence-electron chi connectivity index (χ3n) is 2.11. The van der Waals surface area contributed by atoms with Crippen LogP contribution in [0.25, 0.3) is 0 Å². The fourth-order valence-corrected chi connectivity index (χ4v) is 1.72. The second-order valence-corrected chi connectivity index (χ2v) is 6.07. The van der Waals surface area contributed by atoms with Crippen molar-refractivity contribution in [3.63, 3.8) is 0 Å². The Labute approximate surface area is 104 Å². The zero-order chi connectivity index (χ0) is 13.3. The van der Waals surface area contributed by atoms with Gasteiger partial charge in [-0.05, 0) is 6.92 Å². The number of aromatic nitrogens is 2. The van der Waals surface area contributed by atoms with Crippen LogP contribution < -0.4 is 5.32 Å². The van der Waals surface area contributed by atoms with E-state index in [0.717, 1.165) is 5.01 Å². The lowest BCUT2D eigenvalue weighted by molar-refractivity contribution is -0.155. The van der Waals surface area contributed by atoms with Gasteiger partial charge in [0.05, 0.1) is 6.54 Å². The topological polar surface area (TPSA) is 95.3 Å². The molecule has 0 amide bonds. The number of aliphatic hydroxyl groups is 1. The molecule has 7 heteroatoms. The largest absolute Gasteiger partial charge is 0.479 e. The van der Waals surface area contributed by atoms with E-state index in [9.17, 15) is 9.90 Å². The molecule has 1 aromatic heterocycles. The van der Waals surface area contributed by atoms with Gasteiger partial charge < -0.3 is 15.5 Å². The van der Waals surface area contributed by atoms with Crippen molar-refractivity contribution in [1.82, 2.24) is 10.2 Å². The van der Waals surface area contributed by atoms with E-state index in [1.807, 2.05) is 20.8 Å². The van der Waals surface area contributed by atoms with Crippen LogP contribution in [0.15, 0.2) is 0 Å². The average Bonchev–Trinajstić information content (AvgIpc) is 2.62. The molecule has 0 aliphatic carbocycles. The third-order valence-corrected chi connectivity index (χ3v) is 3.42. The number of anilines is 1. The summed E-state index contributed by atoms with van der Waals surface area (Å²) in [5, 5.41) is 30.3. The average molecular weight is 259 g/mol. The molecular weight excluding hydrogens is 242 g/mol. The van der Waals surface area contributed by atoms with E-state index in [-0.39, 0.29) is 12.0 Å². The highest BCUT2D eigenvalue weighted by Gasteiger charge is 2.30. The molecule has 0 saturated carbocycles. The van der Waals surface area contributed by atoms with E-state index >= 15 is 0 Å². The first kappa shape index (κ1) is 13.9. The van der Waals surface area contributed by atoms with Crippen LogP contribution in [-0.2, 0) is 10.2 Å². The normalized spacial score (nSPS) is 15.4. The van der Waals surface area contributed by atoms with Gasteiger partial charge in [0.1, 0.15) is 5.01 Å². The van der Waals surface area contributed by atoms with Crippen molar-refractivity contribution >= 4 is 22.4 Å². The van der Waals surface area contributed by atoms with Crippen molar-refractivity contribution in [2.75, 3.05) is 11.9 Å². The number of carboxylic acid groups (broad SMARTS) is 1. The molecule has 0 bridgehead atoms. The fraction of sp³-hybridized carbons (Fsp3) is 0.700. The molecule has 0 fully saturated rings. The quantitative estimate of drug-likeness (QED) is 0.749. The highest BCUT2D eigenvalue weighted by atomic mass is 32.1. The Bertz CT molecular complexity index is 409. The molecule has 96 valence electrons. The lowest BCUT2D eigenvalue weighted by Crippen LogP contribution is -2.41. The summed E-state index contributed by atoms with van der Waals surface area (Å²) in [5.41, 5.74) is -1.90. The number of aliphatic carboxylic acids is 1. The lowest BCUT2D eigenvalue weighted by atomic mass is 9.98. The van der Waals surface area contributed by atoms with E-state index in [1.165, 1.54) is 18.3 Å². The molecule has 0 radical (unpaired) electrons. The molecule has 3 N–H and O–H groups in total. The SMILES string of the molecule is CC(O)(CNc1nnc(C(C)(C)C)s1)C(=O)O. The Morgan fingerprint density at radius 1 is 1.35 bits per heavy atom. The monoisotopic (exact) mass is 259 g/mol. The van der Waals surface area contributed by atoms with Gasteiger partial charge >= 0.3 is 5.97 Å². The first-order chi connectivity index (χ1) is 7.63. The molecule has 1 unspecified atom stereocenters. The molecule has 6 nitrogen and oxygen atoms in total. The van der Waals surface area contributed by atoms with Gasteiger partial charge in [0, 0.05) is 5.41 Å². The summed E-state index contributed by atoms with van der Waals surface area (Å²) in [4.78, 5) is 10.7. The first-order valence-electron chi connectivity index (χ1n) is 5.16. The molecular formula is C10H17N3O3S. The molecule has 1 rings (SSSR count). The van der Waals surface area contributed by atoms with Crippen molar-refractivity contribution in [2.24, 2.45) is 0 Å². The van der Waals surface area contributed by atoms with Crippen LogP contribution in [0, 0.1) is 0 Å². The van der Waals surface area contributed by atoms with Crippen molar-refractivity contribution in [3.05, 3.63) is 5.01 Å². The number of carbonyl (C=O) groups is 1. The molecule has 17 heavy (non-hydrogen) atoms. The smallest absolute Gasteiger partial charge is 0.337 e. The number of hydrogen-bond acceptors (Lipinski definition) is 6. The Hall–Kier alpha value is -1.21. The second-order valence-electron chi connectivity index (χ2n) is 5.09. The highest BCUT2D eigenvalue weighted by Crippen LogP contribution is 2.27. The minimum Gasteiger partial charge on any atom is -0.479 e. The van der Waals surface area contributed by atoms with Gasteiger partial charge in [0.15, 0.2) is 5.60 Å². The summed E-state index contributed by atoms with van der Waals surface area (Å²) in [7, 11) is 0. The summed E-state index contributed by atoms with van der Waals surface area (Å²) < 4.78 is 0. The van der Waals surface area contributed by atoms with Gasteiger partial charge in [0.2, 0.25) is 5.13 Å². The molecule has 1 atom stereocenters. The predicted molar refractivity (Wildman–Crippen MR) is 65.4 cm³/mol. The van der Waals surface area contributed by atoms with Crippen molar-refractivity contribution in [1.29, 1.82) is 0 Å². The van der Waals surface area contributed by atoms with E-state index in [2.05, 4.69) is 15.5 Å². The first-order valence-corrected chi connectivity index (χ1v) is 5.98. The minimum absolute atomic E-state index is 0.0904. The molecule has 0 aliphatic rings. The van der Waals surface area contributed by atoms with E-state index in [0.29, 0.717) is 5.13 Å². The van der Waals surface area contributed by atoms with Crippen LogP contribution >= 0.6 is 11.3 Å². The molecule has 0 saturated heterocycles. The van der Waals surface area contributed by atoms with Gasteiger partial charge in [-0.15, -0.1) is 10.2 Å². The summed E-state index contributed by atoms with van der Waals surface area (Å²) in [6, 6.07) is 0. The second kappa shape index (κ2) is 4.58. The number of rotatable bonds is 4. The van der Waals surface area contributed by atoms with Crippen LogP contribution in [0.4, 0.5) is 5.13 Å². The number of hydrogen-bond donors (Lipinski definition) is 3. The molecule has 1 heterocycles. The van der Waals surface area contributed by atoms with Gasteiger partial charge in [0.25, 0.3) is 0 Å². The standard InChI is InChI=1S/C10H17N3O3S/c1-9(2,3)6-12-13-8(17-6)11-5-10(4,16)7(14)15/h16H,5H2,1-4H3,(H,11,13)(H,14,15). The minimum atomic E-state index is -1.81. The van der Waals surface area contributed by atoms with Crippen LogP contribution in [-0.4, -0.2) is 38.5 Å². The van der Waals surface area contributed by atoms with Gasteiger partial charge in [-0.2, -0.15) is 0 Å². The summed E-state index contributed by atoms with van der Waals surface area (Å²) in [6.07, 6.45) is 0. The zero-order valence-corrected chi connectivity index (χ0v) is 11.1. The maximum absolute atomic E-state index is 10.7. The van der Waals surface area contributed by atoms with Crippen molar-refractivity contribution in [2.45, 2.75) is 38.7 Å². The van der Waals surface area contributed by atoms with E-state index < -0.39 is 11.6 Å². The van der Waals surface area contributed by atoms with Gasteiger partial charge in [-0.1, -0.05) is 32.1 Å². The van der Waals surface area contributed by atoms with Gasteiger partial charge in [-0.25, -0.2) is 4.79 Å². The molecule has 0 spiro atoms. The third kappa shape index (κ3) is 3.64. The Morgan fingerprint density at radius 2 is 1.94 bits per heavy atom. The lowest BCUT2D eigenvalue weighted by Gasteiger charge is -2.17. The maximum Gasteiger partial charge on any atom is 0.337 e.